The molecule has 0 unspecified atom stereocenters. The number of rotatable bonds is 6. The van der Waals surface area contributed by atoms with Crippen molar-refractivity contribution in [3.63, 3.8) is 0 Å². The summed E-state index contributed by atoms with van der Waals surface area (Å²) in [5, 5.41) is 24.4. The van der Waals surface area contributed by atoms with E-state index in [1.165, 1.54) is 12.1 Å². The van der Waals surface area contributed by atoms with E-state index in [-0.39, 0.29) is 11.7 Å². The van der Waals surface area contributed by atoms with E-state index in [1.54, 1.807) is 19.2 Å². The zero-order chi connectivity index (χ0) is 19.4. The first kappa shape index (κ1) is 19.4. The SMILES string of the molecule is COc1ccc([N+](=O)[O-])cc1NC1CCN(Cc2cc(Br)ccc2O)CC1. The van der Waals surface area contributed by atoms with Gasteiger partial charge in [-0.1, -0.05) is 15.9 Å². The van der Waals surface area contributed by atoms with Crippen LogP contribution >= 0.6 is 15.9 Å². The highest BCUT2D eigenvalue weighted by molar-refractivity contribution is 9.10. The van der Waals surface area contributed by atoms with Crippen LogP contribution in [0, 0.1) is 10.1 Å². The first-order valence-electron chi connectivity index (χ1n) is 8.75. The molecule has 0 aliphatic carbocycles. The Morgan fingerprint density at radius 2 is 2.04 bits per heavy atom. The molecular weight excluding hydrogens is 414 g/mol. The predicted molar refractivity (Wildman–Crippen MR) is 107 cm³/mol. The number of anilines is 1. The fourth-order valence-corrected chi connectivity index (χ4v) is 3.71. The smallest absolute Gasteiger partial charge is 0.271 e. The van der Waals surface area contributed by atoms with E-state index < -0.39 is 4.92 Å². The molecule has 0 atom stereocenters. The topological polar surface area (TPSA) is 87.9 Å². The molecule has 0 saturated carbocycles. The average Bonchev–Trinajstić information content (AvgIpc) is 2.66. The lowest BCUT2D eigenvalue weighted by Crippen LogP contribution is -2.38. The van der Waals surface area contributed by atoms with Gasteiger partial charge in [-0.15, -0.1) is 0 Å². The molecule has 2 N–H and O–H groups in total. The van der Waals surface area contributed by atoms with E-state index in [0.717, 1.165) is 36.0 Å². The molecule has 1 aliphatic rings. The molecule has 7 nitrogen and oxygen atoms in total. The van der Waals surface area contributed by atoms with E-state index in [4.69, 9.17) is 4.74 Å². The van der Waals surface area contributed by atoms with Crippen LogP contribution in [-0.4, -0.2) is 41.2 Å². The molecule has 0 amide bonds. The van der Waals surface area contributed by atoms with Crippen LogP contribution in [0.5, 0.6) is 11.5 Å². The minimum Gasteiger partial charge on any atom is -0.508 e. The fraction of sp³-hybridized carbons (Fsp3) is 0.368. The minimum absolute atomic E-state index is 0.0425. The summed E-state index contributed by atoms with van der Waals surface area (Å²) in [6.07, 6.45) is 1.81. The van der Waals surface area contributed by atoms with Gasteiger partial charge in [0.1, 0.15) is 11.5 Å². The van der Waals surface area contributed by atoms with Gasteiger partial charge in [0.05, 0.1) is 17.7 Å². The lowest BCUT2D eigenvalue weighted by Gasteiger charge is -2.33. The number of methoxy groups -OCH3 is 1. The Balaban J connectivity index is 1.60. The number of piperidine rings is 1. The summed E-state index contributed by atoms with van der Waals surface area (Å²) < 4.78 is 6.27. The minimum atomic E-state index is -0.405. The molecule has 2 aromatic rings. The van der Waals surface area contributed by atoms with Gasteiger partial charge in [0.15, 0.2) is 0 Å². The Bertz CT molecular complexity index is 823. The standard InChI is InChI=1S/C19H22BrN3O4/c1-27-19-5-3-16(23(25)26)11-17(19)21-15-6-8-22(9-7-15)12-13-10-14(20)2-4-18(13)24/h2-5,10-11,15,21,24H,6-9,12H2,1H3. The van der Waals surface area contributed by atoms with Gasteiger partial charge in [-0.25, -0.2) is 0 Å². The summed E-state index contributed by atoms with van der Waals surface area (Å²) in [5.74, 6) is 0.905. The van der Waals surface area contributed by atoms with E-state index in [9.17, 15) is 15.2 Å². The molecule has 1 fully saturated rings. The van der Waals surface area contributed by atoms with E-state index in [2.05, 4.69) is 26.1 Å². The Morgan fingerprint density at radius 3 is 2.70 bits per heavy atom. The lowest BCUT2D eigenvalue weighted by molar-refractivity contribution is -0.384. The van der Waals surface area contributed by atoms with Gasteiger partial charge in [-0.05, 0) is 37.1 Å². The molecule has 0 bridgehead atoms. The largest absolute Gasteiger partial charge is 0.508 e. The van der Waals surface area contributed by atoms with Crippen LogP contribution in [0.15, 0.2) is 40.9 Å². The fourth-order valence-electron chi connectivity index (χ4n) is 3.30. The summed E-state index contributed by atoms with van der Waals surface area (Å²) in [4.78, 5) is 12.9. The number of nitro groups is 1. The number of aromatic hydroxyl groups is 1. The molecule has 3 rings (SSSR count). The summed E-state index contributed by atoms with van der Waals surface area (Å²) >= 11 is 3.44. The van der Waals surface area contributed by atoms with Crippen molar-refractivity contribution in [3.8, 4) is 11.5 Å². The highest BCUT2D eigenvalue weighted by Crippen LogP contribution is 2.31. The number of benzene rings is 2. The third kappa shape index (κ3) is 4.90. The van der Waals surface area contributed by atoms with Crippen LogP contribution in [0.3, 0.4) is 0 Å². The molecule has 0 radical (unpaired) electrons. The van der Waals surface area contributed by atoms with Crippen molar-refractivity contribution in [2.24, 2.45) is 0 Å². The van der Waals surface area contributed by atoms with E-state index in [0.29, 0.717) is 23.7 Å². The number of halogens is 1. The number of nitro benzene ring substituents is 1. The Hall–Kier alpha value is -2.32. The van der Waals surface area contributed by atoms with Crippen LogP contribution < -0.4 is 10.1 Å². The molecule has 144 valence electrons. The van der Waals surface area contributed by atoms with Gasteiger partial charge in [0.2, 0.25) is 0 Å². The molecule has 1 aliphatic heterocycles. The number of nitrogens with zero attached hydrogens (tertiary/aromatic N) is 2. The monoisotopic (exact) mass is 435 g/mol. The van der Waals surface area contributed by atoms with Gasteiger partial charge in [-0.3, -0.25) is 15.0 Å². The molecule has 1 saturated heterocycles. The second kappa shape index (κ2) is 8.58. The van der Waals surface area contributed by atoms with Crippen molar-refractivity contribution in [3.05, 3.63) is 56.5 Å². The maximum Gasteiger partial charge on any atom is 0.271 e. The van der Waals surface area contributed by atoms with Crippen molar-refractivity contribution in [2.75, 3.05) is 25.5 Å². The third-order valence-corrected chi connectivity index (χ3v) is 5.27. The maximum absolute atomic E-state index is 11.0. The number of non-ortho nitro benzene ring substituents is 1. The molecule has 0 aromatic heterocycles. The number of phenols is 1. The number of likely N-dealkylation sites (tertiary alicyclic amines) is 1. The Kier molecular flexibility index (Phi) is 6.18. The first-order valence-corrected chi connectivity index (χ1v) is 9.54. The van der Waals surface area contributed by atoms with Gasteiger partial charge in [-0.2, -0.15) is 0 Å². The van der Waals surface area contributed by atoms with Crippen LogP contribution in [0.4, 0.5) is 11.4 Å². The lowest BCUT2D eigenvalue weighted by atomic mass is 10.0. The Morgan fingerprint density at radius 1 is 1.30 bits per heavy atom. The molecule has 0 spiro atoms. The number of phenolic OH excluding ortho intramolecular Hbond substituents is 1. The summed E-state index contributed by atoms with van der Waals surface area (Å²) in [7, 11) is 1.55. The molecule has 1 heterocycles. The summed E-state index contributed by atoms with van der Waals surface area (Å²) in [5.41, 5.74) is 1.59. The number of nitrogens with one attached hydrogen (secondary N) is 1. The number of hydrogen-bond donors (Lipinski definition) is 2. The van der Waals surface area contributed by atoms with Crippen LogP contribution in [-0.2, 0) is 6.54 Å². The maximum atomic E-state index is 11.0. The predicted octanol–water partition coefficient (Wildman–Crippen LogP) is 4.15. The van der Waals surface area contributed by atoms with Crippen molar-refractivity contribution < 1.29 is 14.8 Å². The van der Waals surface area contributed by atoms with Gasteiger partial charge in [0.25, 0.3) is 5.69 Å². The quantitative estimate of drug-likeness (QED) is 0.523. The van der Waals surface area contributed by atoms with Crippen LogP contribution in [0.2, 0.25) is 0 Å². The van der Waals surface area contributed by atoms with Crippen molar-refractivity contribution in [1.82, 2.24) is 4.90 Å². The number of ether oxygens (including phenoxy) is 1. The van der Waals surface area contributed by atoms with Gasteiger partial charge in [0, 0.05) is 47.8 Å². The van der Waals surface area contributed by atoms with Crippen LogP contribution in [0.1, 0.15) is 18.4 Å². The summed E-state index contributed by atoms with van der Waals surface area (Å²) in [6, 6.07) is 10.2. The first-order chi connectivity index (χ1) is 13.0. The van der Waals surface area contributed by atoms with Gasteiger partial charge >= 0.3 is 0 Å². The van der Waals surface area contributed by atoms with Crippen molar-refractivity contribution in [2.45, 2.75) is 25.4 Å². The highest BCUT2D eigenvalue weighted by Gasteiger charge is 2.22. The molecule has 2 aromatic carbocycles. The summed E-state index contributed by atoms with van der Waals surface area (Å²) in [6.45, 7) is 2.44. The Labute approximate surface area is 166 Å². The van der Waals surface area contributed by atoms with Crippen LogP contribution in [0.25, 0.3) is 0 Å². The zero-order valence-corrected chi connectivity index (χ0v) is 16.6. The van der Waals surface area contributed by atoms with Crippen molar-refractivity contribution in [1.29, 1.82) is 0 Å². The van der Waals surface area contributed by atoms with E-state index >= 15 is 0 Å². The molecular formula is C19H22BrN3O4. The highest BCUT2D eigenvalue weighted by atomic mass is 79.9. The van der Waals surface area contributed by atoms with E-state index in [1.807, 2.05) is 12.1 Å². The van der Waals surface area contributed by atoms with Gasteiger partial charge < -0.3 is 15.2 Å². The second-order valence-corrected chi connectivity index (χ2v) is 7.53. The molecule has 27 heavy (non-hydrogen) atoms. The number of hydrogen-bond acceptors (Lipinski definition) is 6. The normalized spacial score (nSPS) is 15.5. The molecule has 8 heteroatoms. The third-order valence-electron chi connectivity index (χ3n) is 4.78. The van der Waals surface area contributed by atoms with Crippen molar-refractivity contribution >= 4 is 27.3 Å². The average molecular weight is 436 g/mol. The second-order valence-electron chi connectivity index (χ2n) is 6.61. The zero-order valence-electron chi connectivity index (χ0n) is 15.0.